The van der Waals surface area contributed by atoms with E-state index in [0.717, 1.165) is 22.8 Å². The van der Waals surface area contributed by atoms with Crippen molar-refractivity contribution in [2.45, 2.75) is 13.8 Å². The fraction of sp³-hybridized carbons (Fsp3) is 0.130. The molecule has 4 rings (SSSR count). The summed E-state index contributed by atoms with van der Waals surface area (Å²) in [4.78, 5) is 4.83. The Morgan fingerprint density at radius 3 is 1.81 bits per heavy atom. The average Bonchev–Trinajstić information content (AvgIpc) is 3.04. The number of benzene rings is 3. The minimum absolute atomic E-state index is 0.758. The lowest BCUT2D eigenvalue weighted by Crippen LogP contribution is -1.99. The molecule has 1 heterocycles. The van der Waals surface area contributed by atoms with Gasteiger partial charge in [0.05, 0.1) is 0 Å². The second-order valence-electron chi connectivity index (χ2n) is 6.60. The number of aromatic nitrogens is 3. The van der Waals surface area contributed by atoms with Gasteiger partial charge >= 0.3 is 0 Å². The summed E-state index contributed by atoms with van der Waals surface area (Å²) in [5, 5.41) is 4.63. The van der Waals surface area contributed by atoms with Gasteiger partial charge in [-0.25, -0.2) is 9.67 Å². The molecular formula is C23H21N3. The topological polar surface area (TPSA) is 30.7 Å². The highest BCUT2D eigenvalue weighted by atomic mass is 15.3. The second-order valence-corrected chi connectivity index (χ2v) is 6.60. The van der Waals surface area contributed by atoms with Crippen molar-refractivity contribution in [2.24, 2.45) is 7.05 Å². The molecule has 3 nitrogen and oxygen atoms in total. The van der Waals surface area contributed by atoms with E-state index in [2.05, 4.69) is 55.3 Å². The van der Waals surface area contributed by atoms with Crippen LogP contribution in [0.4, 0.5) is 0 Å². The minimum atomic E-state index is 0.758. The van der Waals surface area contributed by atoms with E-state index in [1.807, 2.05) is 48.1 Å². The Morgan fingerprint density at radius 2 is 1.23 bits per heavy atom. The Morgan fingerprint density at radius 1 is 0.692 bits per heavy atom. The maximum atomic E-state index is 4.83. The zero-order valence-corrected chi connectivity index (χ0v) is 15.3. The van der Waals surface area contributed by atoms with Gasteiger partial charge in [-0.05, 0) is 36.1 Å². The summed E-state index contributed by atoms with van der Waals surface area (Å²) < 4.78 is 1.87. The summed E-state index contributed by atoms with van der Waals surface area (Å²) in [6, 6.07) is 25.0. The first-order valence-corrected chi connectivity index (χ1v) is 8.77. The molecule has 4 aromatic rings. The lowest BCUT2D eigenvalue weighted by Gasteiger charge is -2.12. The van der Waals surface area contributed by atoms with E-state index in [0.29, 0.717) is 0 Å². The summed E-state index contributed by atoms with van der Waals surface area (Å²) in [6.07, 6.45) is 0. The van der Waals surface area contributed by atoms with Gasteiger partial charge in [0, 0.05) is 18.2 Å². The fourth-order valence-electron chi connectivity index (χ4n) is 3.43. The van der Waals surface area contributed by atoms with Crippen LogP contribution in [0.25, 0.3) is 33.9 Å². The molecule has 0 fully saturated rings. The molecule has 0 aliphatic rings. The summed E-state index contributed by atoms with van der Waals surface area (Å²) in [6.45, 7) is 4.29. The van der Waals surface area contributed by atoms with Crippen molar-refractivity contribution >= 4 is 0 Å². The Bertz CT molecular complexity index is 1020. The number of aryl methyl sites for hydroxylation is 3. The van der Waals surface area contributed by atoms with Gasteiger partial charge < -0.3 is 0 Å². The molecule has 0 radical (unpaired) electrons. The van der Waals surface area contributed by atoms with Gasteiger partial charge in [0.1, 0.15) is 0 Å². The van der Waals surface area contributed by atoms with Crippen molar-refractivity contribution in [3.63, 3.8) is 0 Å². The van der Waals surface area contributed by atoms with Gasteiger partial charge in [-0.15, -0.1) is 0 Å². The zero-order chi connectivity index (χ0) is 18.1. The maximum Gasteiger partial charge on any atom is 0.181 e. The van der Waals surface area contributed by atoms with Crippen LogP contribution in [0.1, 0.15) is 11.1 Å². The monoisotopic (exact) mass is 339 g/mol. The Kier molecular flexibility index (Phi) is 4.13. The normalized spacial score (nSPS) is 10.9. The quantitative estimate of drug-likeness (QED) is 0.498. The van der Waals surface area contributed by atoms with E-state index < -0.39 is 0 Å². The van der Waals surface area contributed by atoms with Gasteiger partial charge in [0.25, 0.3) is 0 Å². The first-order chi connectivity index (χ1) is 12.6. The molecular weight excluding hydrogens is 318 g/mol. The molecule has 3 heteroatoms. The standard InChI is InChI=1S/C23H21N3/c1-16-14-20(18-10-6-4-7-11-18)15-17(2)21(16)23-24-22(25-26(23)3)19-12-8-5-9-13-19/h4-15H,1-3H3. The van der Waals surface area contributed by atoms with Gasteiger partial charge in [0.2, 0.25) is 0 Å². The molecule has 0 spiro atoms. The third kappa shape index (κ3) is 2.93. The molecule has 0 N–H and O–H groups in total. The van der Waals surface area contributed by atoms with Gasteiger partial charge in [-0.2, -0.15) is 5.10 Å². The van der Waals surface area contributed by atoms with Crippen LogP contribution in [0.15, 0.2) is 72.8 Å². The van der Waals surface area contributed by atoms with Crippen LogP contribution in [0.5, 0.6) is 0 Å². The van der Waals surface area contributed by atoms with Crippen LogP contribution in [-0.4, -0.2) is 14.8 Å². The largest absolute Gasteiger partial charge is 0.248 e. The summed E-state index contributed by atoms with van der Waals surface area (Å²) >= 11 is 0. The van der Waals surface area contributed by atoms with Crippen molar-refractivity contribution in [3.05, 3.63) is 83.9 Å². The summed E-state index contributed by atoms with van der Waals surface area (Å²) in [5.41, 5.74) is 7.06. The molecule has 0 saturated heterocycles. The van der Waals surface area contributed by atoms with Crippen LogP contribution in [0.2, 0.25) is 0 Å². The van der Waals surface area contributed by atoms with E-state index in [4.69, 9.17) is 4.98 Å². The van der Waals surface area contributed by atoms with Crippen LogP contribution in [0.3, 0.4) is 0 Å². The third-order valence-corrected chi connectivity index (χ3v) is 4.66. The lowest BCUT2D eigenvalue weighted by molar-refractivity contribution is 0.776. The van der Waals surface area contributed by atoms with Gasteiger partial charge in [0.15, 0.2) is 11.6 Å². The predicted molar refractivity (Wildman–Crippen MR) is 107 cm³/mol. The van der Waals surface area contributed by atoms with Crippen molar-refractivity contribution in [3.8, 4) is 33.9 Å². The number of nitrogens with zero attached hydrogens (tertiary/aromatic N) is 3. The Balaban J connectivity index is 1.81. The van der Waals surface area contributed by atoms with E-state index in [-0.39, 0.29) is 0 Å². The molecule has 3 aromatic carbocycles. The Hall–Kier alpha value is -3.20. The molecule has 0 saturated carbocycles. The predicted octanol–water partition coefficient (Wildman–Crippen LogP) is 5.43. The zero-order valence-electron chi connectivity index (χ0n) is 15.3. The molecule has 0 aliphatic heterocycles. The molecule has 26 heavy (non-hydrogen) atoms. The summed E-state index contributed by atoms with van der Waals surface area (Å²) in [7, 11) is 1.96. The van der Waals surface area contributed by atoms with Crippen molar-refractivity contribution in [1.82, 2.24) is 14.8 Å². The van der Waals surface area contributed by atoms with Crippen LogP contribution < -0.4 is 0 Å². The third-order valence-electron chi connectivity index (χ3n) is 4.66. The molecule has 0 unspecified atom stereocenters. The van der Waals surface area contributed by atoms with Gasteiger partial charge in [-0.1, -0.05) is 72.8 Å². The first-order valence-electron chi connectivity index (χ1n) is 8.77. The van der Waals surface area contributed by atoms with E-state index in [1.54, 1.807) is 0 Å². The lowest BCUT2D eigenvalue weighted by atomic mass is 9.95. The van der Waals surface area contributed by atoms with Crippen LogP contribution >= 0.6 is 0 Å². The Labute approximate surface area is 154 Å². The van der Waals surface area contributed by atoms with Crippen molar-refractivity contribution in [1.29, 1.82) is 0 Å². The van der Waals surface area contributed by atoms with Gasteiger partial charge in [-0.3, -0.25) is 0 Å². The van der Waals surface area contributed by atoms with E-state index in [1.165, 1.54) is 22.3 Å². The molecule has 0 amide bonds. The molecule has 0 bridgehead atoms. The minimum Gasteiger partial charge on any atom is -0.248 e. The fourth-order valence-corrected chi connectivity index (χ4v) is 3.43. The highest BCUT2D eigenvalue weighted by Crippen LogP contribution is 2.32. The molecule has 0 atom stereocenters. The maximum absolute atomic E-state index is 4.83. The van der Waals surface area contributed by atoms with Crippen LogP contribution in [0, 0.1) is 13.8 Å². The summed E-state index contributed by atoms with van der Waals surface area (Å²) in [5.74, 6) is 1.66. The van der Waals surface area contributed by atoms with Crippen molar-refractivity contribution in [2.75, 3.05) is 0 Å². The number of rotatable bonds is 3. The molecule has 1 aromatic heterocycles. The second kappa shape index (κ2) is 6.60. The average molecular weight is 339 g/mol. The van der Waals surface area contributed by atoms with Crippen molar-refractivity contribution < 1.29 is 0 Å². The number of hydrogen-bond donors (Lipinski definition) is 0. The highest BCUT2D eigenvalue weighted by molar-refractivity contribution is 5.74. The molecule has 0 aliphatic carbocycles. The number of hydrogen-bond acceptors (Lipinski definition) is 2. The van der Waals surface area contributed by atoms with E-state index in [9.17, 15) is 0 Å². The smallest absolute Gasteiger partial charge is 0.181 e. The van der Waals surface area contributed by atoms with Crippen LogP contribution in [-0.2, 0) is 7.05 Å². The first kappa shape index (κ1) is 16.3. The molecule has 128 valence electrons. The highest BCUT2D eigenvalue weighted by Gasteiger charge is 2.16. The SMILES string of the molecule is Cc1cc(-c2ccccc2)cc(C)c1-c1nc(-c2ccccc2)nn1C. The van der Waals surface area contributed by atoms with E-state index >= 15 is 0 Å².